The second-order valence-electron chi connectivity index (χ2n) is 2.79. The quantitative estimate of drug-likeness (QED) is 0.504. The van der Waals surface area contributed by atoms with Gasteiger partial charge in [0, 0.05) is 6.20 Å². The second-order valence-corrected chi connectivity index (χ2v) is 2.79. The van der Waals surface area contributed by atoms with Gasteiger partial charge in [-0.15, -0.1) is 5.10 Å². The first-order valence-electron chi connectivity index (χ1n) is 4.17. The Hall–Kier alpha value is -2.38. The molecule has 0 saturated carbocycles. The van der Waals surface area contributed by atoms with E-state index in [9.17, 15) is 9.59 Å². The Morgan fingerprint density at radius 1 is 1.33 bits per heavy atom. The topological polar surface area (TPSA) is 119 Å². The molecule has 2 heterocycles. The van der Waals surface area contributed by atoms with Crippen LogP contribution in [0.4, 0.5) is 5.82 Å². The van der Waals surface area contributed by atoms with Gasteiger partial charge in [0.2, 0.25) is 5.82 Å². The first kappa shape index (κ1) is 9.19. The van der Waals surface area contributed by atoms with Crippen LogP contribution >= 0.6 is 0 Å². The third kappa shape index (κ3) is 2.10. The lowest BCUT2D eigenvalue weighted by atomic mass is 10.4. The van der Waals surface area contributed by atoms with Gasteiger partial charge in [0.1, 0.15) is 0 Å². The number of hydrogen-bond donors (Lipinski definition) is 4. The van der Waals surface area contributed by atoms with Crippen molar-refractivity contribution in [3.63, 3.8) is 0 Å². The van der Waals surface area contributed by atoms with Crippen molar-refractivity contribution in [3.8, 4) is 0 Å². The fourth-order valence-electron chi connectivity index (χ4n) is 1.03. The van der Waals surface area contributed by atoms with E-state index in [1.54, 1.807) is 12.3 Å². The zero-order chi connectivity index (χ0) is 10.7. The highest BCUT2D eigenvalue weighted by molar-refractivity contribution is 5.29. The summed E-state index contributed by atoms with van der Waals surface area (Å²) in [6.07, 6.45) is 1.60. The van der Waals surface area contributed by atoms with Crippen molar-refractivity contribution in [1.29, 1.82) is 0 Å². The Bertz CT molecular complexity index is 539. The van der Waals surface area contributed by atoms with E-state index in [1.807, 2.05) is 0 Å². The Morgan fingerprint density at radius 2 is 2.20 bits per heavy atom. The molecule has 0 aliphatic heterocycles. The van der Waals surface area contributed by atoms with E-state index >= 15 is 0 Å². The smallest absolute Gasteiger partial charge is 0.342 e. The summed E-state index contributed by atoms with van der Waals surface area (Å²) >= 11 is 0. The predicted octanol–water partition coefficient (Wildman–Crippen LogP) is -1.21. The molecule has 8 heteroatoms. The first-order chi connectivity index (χ1) is 7.25. The van der Waals surface area contributed by atoms with Gasteiger partial charge in [0.05, 0.1) is 12.2 Å². The van der Waals surface area contributed by atoms with Crippen molar-refractivity contribution in [3.05, 3.63) is 38.8 Å². The van der Waals surface area contributed by atoms with E-state index in [1.165, 1.54) is 0 Å². The monoisotopic (exact) mass is 208 g/mol. The molecule has 78 valence electrons. The molecule has 0 aliphatic rings. The maximum absolute atomic E-state index is 11.2. The number of nitrogens with zero attached hydrogens (tertiary/aromatic N) is 2. The Morgan fingerprint density at radius 3 is 2.87 bits per heavy atom. The molecule has 0 atom stereocenters. The summed E-state index contributed by atoms with van der Waals surface area (Å²) in [5.41, 5.74) is -0.382. The fraction of sp³-hybridized carbons (Fsp3) is 0.143. The van der Waals surface area contributed by atoms with Crippen molar-refractivity contribution < 1.29 is 0 Å². The number of H-pyrrole nitrogens is 3. The molecule has 15 heavy (non-hydrogen) atoms. The van der Waals surface area contributed by atoms with E-state index in [2.05, 4.69) is 30.7 Å². The maximum Gasteiger partial charge on any atom is 0.342 e. The highest BCUT2D eigenvalue weighted by Crippen LogP contribution is 1.95. The van der Waals surface area contributed by atoms with Crippen LogP contribution in [0.2, 0.25) is 0 Å². The normalized spacial score (nSPS) is 10.1. The molecule has 8 nitrogen and oxygen atoms in total. The van der Waals surface area contributed by atoms with Gasteiger partial charge in [-0.3, -0.25) is 14.9 Å². The molecule has 0 amide bonds. The molecule has 2 aromatic rings. The van der Waals surface area contributed by atoms with E-state index < -0.39 is 11.2 Å². The minimum atomic E-state index is -0.632. The van der Waals surface area contributed by atoms with Gasteiger partial charge in [0.15, 0.2) is 0 Å². The largest absolute Gasteiger partial charge is 0.358 e. The maximum atomic E-state index is 11.2. The number of anilines is 1. The SMILES string of the molecule is O=c1[nH]nc(NCc2ccn[nH]2)c(=O)[nH]1. The minimum absolute atomic E-state index is 0.0594. The van der Waals surface area contributed by atoms with Crippen molar-refractivity contribution in [2.24, 2.45) is 0 Å². The van der Waals surface area contributed by atoms with Crippen molar-refractivity contribution in [2.75, 3.05) is 5.32 Å². The Labute approximate surface area is 82.8 Å². The molecule has 0 unspecified atom stereocenters. The molecular weight excluding hydrogens is 200 g/mol. The highest BCUT2D eigenvalue weighted by atomic mass is 16.2. The van der Waals surface area contributed by atoms with Crippen LogP contribution in [0.3, 0.4) is 0 Å². The average Bonchev–Trinajstić information content (AvgIpc) is 2.69. The predicted molar refractivity (Wildman–Crippen MR) is 51.4 cm³/mol. The second kappa shape index (κ2) is 3.78. The molecule has 0 spiro atoms. The third-order valence-corrected chi connectivity index (χ3v) is 1.72. The van der Waals surface area contributed by atoms with Crippen LogP contribution in [0.5, 0.6) is 0 Å². The van der Waals surface area contributed by atoms with Crippen LogP contribution in [0.1, 0.15) is 5.69 Å². The van der Waals surface area contributed by atoms with Gasteiger partial charge in [-0.05, 0) is 6.07 Å². The van der Waals surface area contributed by atoms with Crippen LogP contribution in [-0.2, 0) is 6.54 Å². The lowest BCUT2D eigenvalue weighted by Crippen LogP contribution is -2.26. The molecule has 0 radical (unpaired) electrons. The zero-order valence-electron chi connectivity index (χ0n) is 7.57. The van der Waals surface area contributed by atoms with Gasteiger partial charge < -0.3 is 5.32 Å². The standard InChI is InChI=1S/C7H8N6O2/c14-6-5(12-13-7(15)10-6)8-3-4-1-2-9-11-4/h1-2H,3H2,(H,8,12)(H,9,11)(H2,10,13,14,15). The molecule has 0 aliphatic carbocycles. The van der Waals surface area contributed by atoms with Crippen molar-refractivity contribution >= 4 is 5.82 Å². The zero-order valence-corrected chi connectivity index (χ0v) is 7.57. The Balaban J connectivity index is 2.12. The third-order valence-electron chi connectivity index (χ3n) is 1.72. The number of rotatable bonds is 3. The van der Waals surface area contributed by atoms with Crippen molar-refractivity contribution in [2.45, 2.75) is 6.54 Å². The molecule has 0 aromatic carbocycles. The van der Waals surface area contributed by atoms with Crippen LogP contribution in [-0.4, -0.2) is 25.4 Å². The lowest BCUT2D eigenvalue weighted by molar-refractivity contribution is 0.875. The van der Waals surface area contributed by atoms with Crippen LogP contribution in [0.25, 0.3) is 0 Å². The number of aromatic nitrogens is 5. The van der Waals surface area contributed by atoms with Gasteiger partial charge in [-0.25, -0.2) is 9.89 Å². The highest BCUT2D eigenvalue weighted by Gasteiger charge is 2.01. The van der Waals surface area contributed by atoms with Gasteiger partial charge in [-0.1, -0.05) is 0 Å². The van der Waals surface area contributed by atoms with Crippen LogP contribution in [0, 0.1) is 0 Å². The summed E-state index contributed by atoms with van der Waals surface area (Å²) in [5, 5.41) is 14.9. The number of nitrogens with one attached hydrogen (secondary N) is 4. The molecule has 0 bridgehead atoms. The summed E-state index contributed by atoms with van der Waals surface area (Å²) in [4.78, 5) is 23.9. The number of hydrogen-bond acceptors (Lipinski definition) is 5. The van der Waals surface area contributed by atoms with Gasteiger partial charge in [0.25, 0.3) is 5.56 Å². The summed E-state index contributed by atoms with van der Waals surface area (Å²) in [7, 11) is 0. The summed E-state index contributed by atoms with van der Waals surface area (Å²) in [5.74, 6) is 0.0594. The van der Waals surface area contributed by atoms with E-state index in [4.69, 9.17) is 0 Å². The van der Waals surface area contributed by atoms with Gasteiger partial charge >= 0.3 is 5.69 Å². The summed E-state index contributed by atoms with van der Waals surface area (Å²) in [6.45, 7) is 0.377. The van der Waals surface area contributed by atoms with E-state index in [0.29, 0.717) is 6.54 Å². The summed E-state index contributed by atoms with van der Waals surface area (Å²) in [6, 6.07) is 1.76. The average molecular weight is 208 g/mol. The number of aromatic amines is 3. The Kier molecular flexibility index (Phi) is 2.31. The van der Waals surface area contributed by atoms with Crippen molar-refractivity contribution in [1.82, 2.24) is 25.4 Å². The van der Waals surface area contributed by atoms with Crippen LogP contribution in [0.15, 0.2) is 21.9 Å². The minimum Gasteiger partial charge on any atom is -0.358 e. The molecule has 4 N–H and O–H groups in total. The van der Waals surface area contributed by atoms with Gasteiger partial charge in [-0.2, -0.15) is 5.10 Å². The molecule has 0 saturated heterocycles. The fourth-order valence-corrected chi connectivity index (χ4v) is 1.03. The van der Waals surface area contributed by atoms with E-state index in [0.717, 1.165) is 5.69 Å². The molecule has 0 fully saturated rings. The summed E-state index contributed by atoms with van der Waals surface area (Å²) < 4.78 is 0. The molecular formula is C7H8N6O2. The van der Waals surface area contributed by atoms with E-state index in [-0.39, 0.29) is 5.82 Å². The molecule has 2 aromatic heterocycles. The lowest BCUT2D eigenvalue weighted by Gasteiger charge is -2.00. The van der Waals surface area contributed by atoms with Crippen LogP contribution < -0.4 is 16.6 Å². The first-order valence-corrected chi connectivity index (χ1v) is 4.17. The molecule has 2 rings (SSSR count).